The van der Waals surface area contributed by atoms with Gasteiger partial charge >= 0.3 is 0 Å². The van der Waals surface area contributed by atoms with Gasteiger partial charge in [-0.3, -0.25) is 9.69 Å². The van der Waals surface area contributed by atoms with Crippen LogP contribution in [-0.4, -0.2) is 56.3 Å². The Morgan fingerprint density at radius 1 is 0.923 bits per heavy atom. The quantitative estimate of drug-likeness (QED) is 0.359. The number of aromatic amines is 1. The molecule has 1 fully saturated rings. The lowest BCUT2D eigenvalue weighted by Gasteiger charge is -2.39. The molecule has 6 rings (SSSR count). The Balaban J connectivity index is 1.40. The molecule has 0 spiro atoms. The molecule has 198 valence electrons. The van der Waals surface area contributed by atoms with Gasteiger partial charge in [0, 0.05) is 37.3 Å². The second-order valence-electron chi connectivity index (χ2n) is 10.1. The second-order valence-corrected chi connectivity index (χ2v) is 10.1. The number of para-hydroxylation sites is 1. The first-order valence-corrected chi connectivity index (χ1v) is 13.2. The molecule has 5 aromatic rings. The van der Waals surface area contributed by atoms with E-state index in [4.69, 9.17) is 0 Å². The molecular weight excluding hydrogens is 493 g/mol. The average molecular weight is 524 g/mol. The van der Waals surface area contributed by atoms with Crippen LogP contribution >= 0.6 is 0 Å². The molecule has 1 N–H and O–H groups in total. The van der Waals surface area contributed by atoms with E-state index in [1.165, 1.54) is 6.07 Å². The maximum Gasteiger partial charge on any atom is 0.253 e. The van der Waals surface area contributed by atoms with Crippen molar-refractivity contribution in [2.45, 2.75) is 26.4 Å². The van der Waals surface area contributed by atoms with E-state index in [9.17, 15) is 9.18 Å². The van der Waals surface area contributed by atoms with Gasteiger partial charge in [0.05, 0.1) is 12.2 Å². The highest BCUT2D eigenvalue weighted by atomic mass is 19.1. The van der Waals surface area contributed by atoms with Crippen molar-refractivity contribution in [3.8, 4) is 0 Å². The molecule has 1 saturated heterocycles. The Kier molecular flexibility index (Phi) is 6.66. The number of benzene rings is 3. The summed E-state index contributed by atoms with van der Waals surface area (Å²) in [4.78, 5) is 21.0. The third-order valence-electron chi connectivity index (χ3n) is 7.63. The Morgan fingerprint density at radius 3 is 2.41 bits per heavy atom. The van der Waals surface area contributed by atoms with Gasteiger partial charge < -0.3 is 9.88 Å². The highest BCUT2D eigenvalue weighted by Crippen LogP contribution is 2.30. The molecule has 0 aliphatic carbocycles. The lowest BCUT2D eigenvalue weighted by Crippen LogP contribution is -2.49. The summed E-state index contributed by atoms with van der Waals surface area (Å²) in [6, 6.07) is 22.5. The monoisotopic (exact) mass is 523 g/mol. The van der Waals surface area contributed by atoms with Gasteiger partial charge in [0.25, 0.3) is 5.56 Å². The molecule has 8 nitrogen and oxygen atoms in total. The maximum absolute atomic E-state index is 14.5. The van der Waals surface area contributed by atoms with Crippen molar-refractivity contribution in [1.29, 1.82) is 0 Å². The number of piperazine rings is 1. The SMILES string of the molecule is Cc1cc2cc(C(c3nnnn3Cc3ccccc3)N3CCN(c4ccccc4F)CC3)c(=O)[nH]c2cc1C. The van der Waals surface area contributed by atoms with Crippen LogP contribution in [0.2, 0.25) is 0 Å². The predicted molar refractivity (Wildman–Crippen MR) is 149 cm³/mol. The molecule has 0 amide bonds. The van der Waals surface area contributed by atoms with Crippen LogP contribution in [0.15, 0.2) is 77.6 Å². The van der Waals surface area contributed by atoms with Crippen molar-refractivity contribution in [3.05, 3.63) is 117 Å². The number of fused-ring (bicyclic) bond motifs is 1. The first-order valence-electron chi connectivity index (χ1n) is 13.2. The maximum atomic E-state index is 14.5. The van der Waals surface area contributed by atoms with Crippen LogP contribution in [0.1, 0.15) is 34.1 Å². The standard InChI is InChI=1S/C30H30FN7O/c1-20-16-23-18-24(30(39)32-26(23)17-21(20)2)28(29-33-34-35-38(29)19-22-8-4-3-5-9-22)37-14-12-36(13-15-37)27-11-7-6-10-25(27)31/h3-11,16-18,28H,12-15,19H2,1-2H3,(H,32,39). The van der Waals surface area contributed by atoms with E-state index in [-0.39, 0.29) is 11.4 Å². The molecule has 0 saturated carbocycles. The summed E-state index contributed by atoms with van der Waals surface area (Å²) in [6.07, 6.45) is 0. The normalized spacial score (nSPS) is 15.1. The second kappa shape index (κ2) is 10.4. The summed E-state index contributed by atoms with van der Waals surface area (Å²) in [5.41, 5.74) is 5.17. The molecule has 9 heteroatoms. The fourth-order valence-corrected chi connectivity index (χ4v) is 5.40. The Labute approximate surface area is 225 Å². The number of rotatable bonds is 6. The first-order chi connectivity index (χ1) is 19.0. The largest absolute Gasteiger partial charge is 0.367 e. The van der Waals surface area contributed by atoms with Gasteiger partial charge in [-0.15, -0.1) is 5.10 Å². The van der Waals surface area contributed by atoms with Crippen LogP contribution in [0.5, 0.6) is 0 Å². The fourth-order valence-electron chi connectivity index (χ4n) is 5.40. The number of aryl methyl sites for hydroxylation is 2. The molecule has 1 unspecified atom stereocenters. The number of anilines is 1. The molecule has 3 heterocycles. The van der Waals surface area contributed by atoms with E-state index in [1.807, 2.05) is 60.4 Å². The predicted octanol–water partition coefficient (Wildman–Crippen LogP) is 4.23. The van der Waals surface area contributed by atoms with Gasteiger partial charge in [-0.05, 0) is 76.7 Å². The van der Waals surface area contributed by atoms with Gasteiger partial charge in [0.15, 0.2) is 5.82 Å². The highest BCUT2D eigenvalue weighted by molar-refractivity contribution is 5.81. The lowest BCUT2D eigenvalue weighted by atomic mass is 10.00. The minimum Gasteiger partial charge on any atom is -0.367 e. The van der Waals surface area contributed by atoms with Crippen molar-refractivity contribution < 1.29 is 4.39 Å². The highest BCUT2D eigenvalue weighted by Gasteiger charge is 2.33. The summed E-state index contributed by atoms with van der Waals surface area (Å²) in [7, 11) is 0. The number of aromatic nitrogens is 5. The summed E-state index contributed by atoms with van der Waals surface area (Å²) < 4.78 is 16.3. The Bertz CT molecular complexity index is 1670. The molecule has 2 aromatic heterocycles. The topological polar surface area (TPSA) is 82.9 Å². The van der Waals surface area contributed by atoms with Crippen LogP contribution in [0.25, 0.3) is 10.9 Å². The van der Waals surface area contributed by atoms with Crippen LogP contribution in [0, 0.1) is 19.7 Å². The number of hydrogen-bond donors (Lipinski definition) is 1. The minimum absolute atomic E-state index is 0.165. The van der Waals surface area contributed by atoms with Crippen LogP contribution in [-0.2, 0) is 6.54 Å². The summed E-state index contributed by atoms with van der Waals surface area (Å²) in [5.74, 6) is 0.373. The van der Waals surface area contributed by atoms with Crippen molar-refractivity contribution >= 4 is 16.6 Å². The Morgan fingerprint density at radius 2 is 1.64 bits per heavy atom. The third kappa shape index (κ3) is 4.93. The minimum atomic E-state index is -0.471. The Hall–Kier alpha value is -4.37. The number of nitrogens with zero attached hydrogens (tertiary/aromatic N) is 6. The lowest BCUT2D eigenvalue weighted by molar-refractivity contribution is 0.200. The molecule has 39 heavy (non-hydrogen) atoms. The molecule has 1 aliphatic heterocycles. The number of H-pyrrole nitrogens is 1. The van der Waals surface area contributed by atoms with E-state index in [1.54, 1.807) is 16.8 Å². The zero-order chi connectivity index (χ0) is 26.9. The number of pyridine rings is 1. The van der Waals surface area contributed by atoms with Crippen molar-refractivity contribution in [1.82, 2.24) is 30.1 Å². The van der Waals surface area contributed by atoms with Crippen LogP contribution in [0.3, 0.4) is 0 Å². The van der Waals surface area contributed by atoms with Crippen molar-refractivity contribution in [3.63, 3.8) is 0 Å². The smallest absolute Gasteiger partial charge is 0.253 e. The zero-order valence-corrected chi connectivity index (χ0v) is 22.0. The average Bonchev–Trinajstić information content (AvgIpc) is 3.39. The van der Waals surface area contributed by atoms with Gasteiger partial charge in [0.2, 0.25) is 0 Å². The molecule has 0 bridgehead atoms. The third-order valence-corrected chi connectivity index (χ3v) is 7.63. The summed E-state index contributed by atoms with van der Waals surface area (Å²) >= 11 is 0. The van der Waals surface area contributed by atoms with Crippen LogP contribution in [0.4, 0.5) is 10.1 Å². The number of halogens is 1. The van der Waals surface area contributed by atoms with E-state index in [2.05, 4.69) is 38.4 Å². The first kappa shape index (κ1) is 24.9. The summed E-state index contributed by atoms with van der Waals surface area (Å²) in [5, 5.41) is 13.7. The van der Waals surface area contributed by atoms with Crippen molar-refractivity contribution in [2.75, 3.05) is 31.1 Å². The van der Waals surface area contributed by atoms with Gasteiger partial charge in [-0.25, -0.2) is 9.07 Å². The molecule has 0 radical (unpaired) electrons. The number of tetrazole rings is 1. The van der Waals surface area contributed by atoms with E-state index < -0.39 is 6.04 Å². The van der Waals surface area contributed by atoms with Gasteiger partial charge in [-0.1, -0.05) is 42.5 Å². The van der Waals surface area contributed by atoms with Crippen LogP contribution < -0.4 is 10.5 Å². The molecular formula is C30H30FN7O. The summed E-state index contributed by atoms with van der Waals surface area (Å²) in [6.45, 7) is 7.04. The van der Waals surface area contributed by atoms with E-state index >= 15 is 0 Å². The van der Waals surface area contributed by atoms with Gasteiger partial charge in [0.1, 0.15) is 11.9 Å². The molecule has 3 aromatic carbocycles. The number of nitrogens with one attached hydrogen (secondary N) is 1. The zero-order valence-electron chi connectivity index (χ0n) is 22.0. The number of hydrogen-bond acceptors (Lipinski definition) is 6. The van der Waals surface area contributed by atoms with Gasteiger partial charge in [-0.2, -0.15) is 0 Å². The molecule has 1 aliphatic rings. The van der Waals surface area contributed by atoms with Crippen molar-refractivity contribution in [2.24, 2.45) is 0 Å². The van der Waals surface area contributed by atoms with E-state index in [0.29, 0.717) is 49.8 Å². The fraction of sp³-hybridized carbons (Fsp3) is 0.267. The van der Waals surface area contributed by atoms with E-state index in [0.717, 1.165) is 27.6 Å². The molecule has 1 atom stereocenters.